The van der Waals surface area contributed by atoms with E-state index in [-0.39, 0.29) is 0 Å². The highest BCUT2D eigenvalue weighted by molar-refractivity contribution is 5.87. The molecule has 3 N–H and O–H groups in total. The summed E-state index contributed by atoms with van der Waals surface area (Å²) in [6.45, 7) is 2.57. The van der Waals surface area contributed by atoms with Gasteiger partial charge in [-0.15, -0.1) is 5.10 Å². The Morgan fingerprint density at radius 2 is 2.17 bits per heavy atom. The Kier molecular flexibility index (Phi) is 2.57. The van der Waals surface area contributed by atoms with E-state index >= 15 is 0 Å². The number of rotatable bonds is 2. The third kappa shape index (κ3) is 1.76. The number of benzene rings is 1. The molecule has 0 aliphatic rings. The highest BCUT2D eigenvalue weighted by atomic mass is 15.1. The fourth-order valence-electron chi connectivity index (χ4n) is 2.09. The summed E-state index contributed by atoms with van der Waals surface area (Å²) >= 11 is 0. The number of nitrogens with one attached hydrogen (secondary N) is 1. The summed E-state index contributed by atoms with van der Waals surface area (Å²) in [6.07, 6.45) is 1.69. The zero-order valence-electron chi connectivity index (χ0n) is 10.1. The van der Waals surface area contributed by atoms with Crippen LogP contribution in [0.2, 0.25) is 0 Å². The number of nitrogens with zero attached hydrogens (tertiary/aromatic N) is 2. The summed E-state index contributed by atoms with van der Waals surface area (Å²) in [7, 11) is 0. The molecule has 0 radical (unpaired) electrons. The molecule has 1 aromatic carbocycles. The van der Waals surface area contributed by atoms with Crippen LogP contribution < -0.4 is 5.73 Å². The molecule has 4 heteroatoms. The third-order valence-corrected chi connectivity index (χ3v) is 3.10. The predicted octanol–water partition coefficient (Wildman–Crippen LogP) is 2.39. The largest absolute Gasteiger partial charge is 0.353 e. The van der Waals surface area contributed by atoms with Gasteiger partial charge in [0, 0.05) is 17.4 Å². The maximum absolute atomic E-state index is 5.62. The number of fused-ring (bicyclic) bond motifs is 1. The van der Waals surface area contributed by atoms with Gasteiger partial charge in [0.2, 0.25) is 0 Å². The quantitative estimate of drug-likeness (QED) is 0.720. The molecule has 0 fully saturated rings. The summed E-state index contributed by atoms with van der Waals surface area (Å²) in [5.74, 6) is 0. The second kappa shape index (κ2) is 4.23. The van der Waals surface area contributed by atoms with Crippen LogP contribution in [-0.2, 0) is 6.54 Å². The molecule has 0 unspecified atom stereocenters. The number of nitrogens with two attached hydrogens (primary N) is 1. The Balaban J connectivity index is 2.16. The minimum atomic E-state index is 0.474. The van der Waals surface area contributed by atoms with Crippen LogP contribution in [0.3, 0.4) is 0 Å². The second-order valence-corrected chi connectivity index (χ2v) is 4.37. The van der Waals surface area contributed by atoms with E-state index in [1.54, 1.807) is 6.20 Å². The fraction of sp³-hybridized carbons (Fsp3) is 0.143. The van der Waals surface area contributed by atoms with Gasteiger partial charge in [0.1, 0.15) is 5.69 Å². The van der Waals surface area contributed by atoms with Crippen LogP contribution in [-0.4, -0.2) is 15.2 Å². The van der Waals surface area contributed by atoms with Gasteiger partial charge in [0.25, 0.3) is 0 Å². The highest BCUT2D eigenvalue weighted by Gasteiger charge is 2.07. The molecular weight excluding hydrogens is 224 g/mol. The maximum Gasteiger partial charge on any atom is 0.109 e. The lowest BCUT2D eigenvalue weighted by Gasteiger charge is -1.98. The first-order valence-electron chi connectivity index (χ1n) is 5.88. The smallest absolute Gasteiger partial charge is 0.109 e. The first-order chi connectivity index (χ1) is 8.78. The van der Waals surface area contributed by atoms with Crippen LogP contribution in [0.25, 0.3) is 22.3 Å². The summed E-state index contributed by atoms with van der Waals surface area (Å²) < 4.78 is 0. The molecule has 0 saturated carbocycles. The fourth-order valence-corrected chi connectivity index (χ4v) is 2.09. The Bertz CT molecular complexity index is 700. The average molecular weight is 238 g/mol. The molecule has 0 atom stereocenters. The number of H-pyrrole nitrogens is 1. The van der Waals surface area contributed by atoms with Crippen molar-refractivity contribution in [3.05, 3.63) is 47.7 Å². The van der Waals surface area contributed by atoms with Crippen molar-refractivity contribution in [3.8, 4) is 11.4 Å². The Hall–Kier alpha value is -2.20. The van der Waals surface area contributed by atoms with E-state index in [4.69, 9.17) is 5.73 Å². The minimum Gasteiger partial charge on any atom is -0.353 e. The van der Waals surface area contributed by atoms with E-state index in [9.17, 15) is 0 Å². The molecule has 0 aliphatic heterocycles. The van der Waals surface area contributed by atoms with Crippen LogP contribution in [0.15, 0.2) is 36.5 Å². The van der Waals surface area contributed by atoms with Crippen LogP contribution in [0.4, 0.5) is 0 Å². The highest BCUT2D eigenvalue weighted by Crippen LogP contribution is 2.24. The van der Waals surface area contributed by atoms with E-state index in [0.717, 1.165) is 22.5 Å². The van der Waals surface area contributed by atoms with Gasteiger partial charge >= 0.3 is 0 Å². The summed E-state index contributed by atoms with van der Waals surface area (Å²) in [6, 6.07) is 10.3. The maximum atomic E-state index is 5.62. The third-order valence-electron chi connectivity index (χ3n) is 3.10. The van der Waals surface area contributed by atoms with Crippen LogP contribution in [0.1, 0.15) is 11.1 Å². The molecule has 0 saturated heterocycles. The lowest BCUT2D eigenvalue weighted by Crippen LogP contribution is -1.99. The Labute approximate surface area is 105 Å². The molecule has 0 spiro atoms. The Morgan fingerprint density at radius 1 is 1.28 bits per heavy atom. The number of hydrogen-bond donors (Lipinski definition) is 2. The van der Waals surface area contributed by atoms with Crippen LogP contribution in [0, 0.1) is 6.92 Å². The average Bonchev–Trinajstić information content (AvgIpc) is 2.84. The minimum absolute atomic E-state index is 0.474. The molecule has 0 amide bonds. The number of aryl methyl sites for hydroxylation is 1. The predicted molar refractivity (Wildman–Crippen MR) is 72.0 cm³/mol. The standard InChI is InChI=1S/C14H14N4/c1-9-3-2-4-12-11(9)6-13(17-12)14-5-10(7-15)8-16-18-14/h2-6,8,17H,7,15H2,1H3. The van der Waals surface area contributed by atoms with Gasteiger partial charge in [-0.05, 0) is 36.2 Å². The van der Waals surface area contributed by atoms with Gasteiger partial charge in [-0.2, -0.15) is 5.10 Å². The van der Waals surface area contributed by atoms with Crippen molar-refractivity contribution in [1.29, 1.82) is 0 Å². The normalized spacial score (nSPS) is 11.0. The SMILES string of the molecule is Cc1cccc2[nH]c(-c3cc(CN)cnn3)cc12. The van der Waals surface area contributed by atoms with E-state index in [1.165, 1.54) is 10.9 Å². The van der Waals surface area contributed by atoms with Crippen molar-refractivity contribution in [3.63, 3.8) is 0 Å². The van der Waals surface area contributed by atoms with Gasteiger partial charge in [0.05, 0.1) is 11.9 Å². The molecule has 3 aromatic rings. The molecule has 2 aromatic heterocycles. The first-order valence-corrected chi connectivity index (χ1v) is 5.88. The van der Waals surface area contributed by atoms with Crippen molar-refractivity contribution >= 4 is 10.9 Å². The molecule has 3 rings (SSSR count). The van der Waals surface area contributed by atoms with Gasteiger partial charge in [0.15, 0.2) is 0 Å². The number of aromatic amines is 1. The lowest BCUT2D eigenvalue weighted by molar-refractivity contribution is 0.969. The van der Waals surface area contributed by atoms with Gasteiger partial charge < -0.3 is 10.7 Å². The van der Waals surface area contributed by atoms with Crippen molar-refractivity contribution in [2.24, 2.45) is 5.73 Å². The topological polar surface area (TPSA) is 67.6 Å². The van der Waals surface area contributed by atoms with Gasteiger partial charge in [-0.3, -0.25) is 0 Å². The monoisotopic (exact) mass is 238 g/mol. The van der Waals surface area contributed by atoms with Gasteiger partial charge in [-0.25, -0.2) is 0 Å². The molecule has 18 heavy (non-hydrogen) atoms. The van der Waals surface area contributed by atoms with Crippen molar-refractivity contribution in [2.45, 2.75) is 13.5 Å². The van der Waals surface area contributed by atoms with Crippen LogP contribution >= 0.6 is 0 Å². The molecule has 2 heterocycles. The second-order valence-electron chi connectivity index (χ2n) is 4.37. The number of aromatic nitrogens is 3. The van der Waals surface area contributed by atoms with E-state index in [0.29, 0.717) is 6.54 Å². The molecule has 0 aliphatic carbocycles. The summed E-state index contributed by atoms with van der Waals surface area (Å²) in [5, 5.41) is 9.34. The first kappa shape index (κ1) is 10.9. The molecule has 4 nitrogen and oxygen atoms in total. The van der Waals surface area contributed by atoms with Crippen molar-refractivity contribution in [2.75, 3.05) is 0 Å². The van der Waals surface area contributed by atoms with E-state index in [2.05, 4.69) is 40.3 Å². The molecule has 0 bridgehead atoms. The lowest BCUT2D eigenvalue weighted by atomic mass is 10.1. The molecular formula is C14H14N4. The Morgan fingerprint density at radius 3 is 2.94 bits per heavy atom. The molecule has 90 valence electrons. The van der Waals surface area contributed by atoms with Crippen molar-refractivity contribution in [1.82, 2.24) is 15.2 Å². The van der Waals surface area contributed by atoms with Gasteiger partial charge in [-0.1, -0.05) is 12.1 Å². The van der Waals surface area contributed by atoms with E-state index in [1.807, 2.05) is 12.1 Å². The van der Waals surface area contributed by atoms with Crippen LogP contribution in [0.5, 0.6) is 0 Å². The zero-order chi connectivity index (χ0) is 12.5. The zero-order valence-corrected chi connectivity index (χ0v) is 10.1. The number of hydrogen-bond acceptors (Lipinski definition) is 3. The van der Waals surface area contributed by atoms with E-state index < -0.39 is 0 Å². The summed E-state index contributed by atoms with van der Waals surface area (Å²) in [5.41, 5.74) is 10.8. The van der Waals surface area contributed by atoms with Crippen molar-refractivity contribution < 1.29 is 0 Å². The summed E-state index contributed by atoms with van der Waals surface area (Å²) in [4.78, 5) is 3.36.